The van der Waals surface area contributed by atoms with Crippen LogP contribution in [-0.2, 0) is 19.1 Å². The molecule has 0 N–H and O–H groups in total. The van der Waals surface area contributed by atoms with Gasteiger partial charge >= 0.3 is 47.7 Å². The van der Waals surface area contributed by atoms with E-state index in [2.05, 4.69) is 4.74 Å². The standard InChI is InChI=1S/C16H15F15N2O4/c1-4-37-8(35)6-32(2)7(34)5-33(3)9(36)10(17,18)11(19,20)12(21,22)13(23,24)14(25,26)15(27,28)16(29,30)31/h4-6H2,1-3H3. The number of esters is 1. The Morgan fingerprint density at radius 3 is 1.35 bits per heavy atom. The molecule has 218 valence electrons. The van der Waals surface area contributed by atoms with Crippen molar-refractivity contribution in [3.63, 3.8) is 0 Å². The average molecular weight is 584 g/mol. The molecule has 0 spiro atoms. The van der Waals surface area contributed by atoms with E-state index in [-0.39, 0.29) is 13.7 Å². The van der Waals surface area contributed by atoms with Gasteiger partial charge in [0.05, 0.1) is 13.2 Å². The molecule has 0 aliphatic carbocycles. The molecule has 0 aliphatic heterocycles. The van der Waals surface area contributed by atoms with Gasteiger partial charge in [-0.3, -0.25) is 14.4 Å². The Hall–Kier alpha value is -2.64. The van der Waals surface area contributed by atoms with Gasteiger partial charge < -0.3 is 14.5 Å². The molecule has 6 nitrogen and oxygen atoms in total. The van der Waals surface area contributed by atoms with Crippen LogP contribution in [-0.4, -0.2) is 103 Å². The quantitative estimate of drug-likeness (QED) is 0.274. The summed E-state index contributed by atoms with van der Waals surface area (Å²) in [5.74, 6) is -55.1. The largest absolute Gasteiger partial charge is 0.465 e. The van der Waals surface area contributed by atoms with E-state index in [0.717, 1.165) is 7.05 Å². The number of halogens is 15. The minimum atomic E-state index is -8.54. The lowest BCUT2D eigenvalue weighted by Crippen LogP contribution is -2.74. The van der Waals surface area contributed by atoms with Crippen LogP contribution in [0.25, 0.3) is 0 Å². The van der Waals surface area contributed by atoms with Gasteiger partial charge in [0, 0.05) is 14.1 Å². The molecule has 0 radical (unpaired) electrons. The van der Waals surface area contributed by atoms with E-state index in [4.69, 9.17) is 0 Å². The highest BCUT2D eigenvalue weighted by atomic mass is 19.4. The molecule has 0 aromatic rings. The minimum absolute atomic E-state index is 0.00508. The molecule has 0 fully saturated rings. The van der Waals surface area contributed by atoms with Crippen LogP contribution >= 0.6 is 0 Å². The molecule has 0 bridgehead atoms. The van der Waals surface area contributed by atoms with Crippen LogP contribution in [0.5, 0.6) is 0 Å². The number of amides is 2. The highest BCUT2D eigenvalue weighted by molar-refractivity contribution is 5.90. The van der Waals surface area contributed by atoms with Crippen LogP contribution in [0, 0.1) is 0 Å². The number of likely N-dealkylation sites (N-methyl/N-ethyl adjacent to an activating group) is 2. The molecule has 0 heterocycles. The molecule has 0 unspecified atom stereocenters. The topological polar surface area (TPSA) is 66.9 Å². The monoisotopic (exact) mass is 584 g/mol. The molecule has 0 saturated carbocycles. The number of hydrogen-bond acceptors (Lipinski definition) is 4. The summed E-state index contributed by atoms with van der Waals surface area (Å²) in [5.41, 5.74) is 0. The van der Waals surface area contributed by atoms with Gasteiger partial charge in [-0.05, 0) is 6.92 Å². The SMILES string of the molecule is CCOC(=O)CN(C)C(=O)CN(C)C(=O)C(F)(F)C(F)(F)C(F)(F)C(F)(F)C(F)(F)C(F)(F)C(F)(F)F. The van der Waals surface area contributed by atoms with E-state index in [0.29, 0.717) is 4.90 Å². The number of nitrogens with zero attached hydrogens (tertiary/aromatic N) is 2. The predicted octanol–water partition coefficient (Wildman–Crippen LogP) is 3.84. The minimum Gasteiger partial charge on any atom is -0.465 e. The van der Waals surface area contributed by atoms with Gasteiger partial charge in [-0.15, -0.1) is 0 Å². The van der Waals surface area contributed by atoms with E-state index in [1.807, 2.05) is 0 Å². The fraction of sp³-hybridized carbons (Fsp3) is 0.812. The first-order valence-electron chi connectivity index (χ1n) is 9.08. The third-order valence-electron chi connectivity index (χ3n) is 4.41. The Labute approximate surface area is 196 Å². The second-order valence-electron chi connectivity index (χ2n) is 7.16. The highest BCUT2D eigenvalue weighted by Crippen LogP contribution is 2.62. The summed E-state index contributed by atoms with van der Waals surface area (Å²) in [6.07, 6.45) is -7.75. The van der Waals surface area contributed by atoms with Crippen LogP contribution in [0.3, 0.4) is 0 Å². The lowest BCUT2D eigenvalue weighted by Gasteiger charge is -2.41. The zero-order chi connectivity index (χ0) is 30.2. The average Bonchev–Trinajstić information content (AvgIpc) is 2.71. The van der Waals surface area contributed by atoms with Crippen molar-refractivity contribution < 1.29 is 85.0 Å². The Kier molecular flexibility index (Phi) is 9.52. The van der Waals surface area contributed by atoms with E-state index >= 15 is 0 Å². The van der Waals surface area contributed by atoms with E-state index < -0.39 is 77.5 Å². The third kappa shape index (κ3) is 5.63. The molecule has 2 amide bonds. The molecular weight excluding hydrogens is 569 g/mol. The fourth-order valence-electron chi connectivity index (χ4n) is 2.22. The van der Waals surface area contributed by atoms with Crippen molar-refractivity contribution >= 4 is 17.8 Å². The zero-order valence-corrected chi connectivity index (χ0v) is 18.3. The summed E-state index contributed by atoms with van der Waals surface area (Å²) in [7, 11) is 0.757. The Balaban J connectivity index is 6.21. The lowest BCUT2D eigenvalue weighted by atomic mass is 9.90. The van der Waals surface area contributed by atoms with Crippen molar-refractivity contribution in [2.45, 2.75) is 48.6 Å². The number of carbonyl (C=O) groups is 3. The van der Waals surface area contributed by atoms with Crippen molar-refractivity contribution in [3.05, 3.63) is 0 Å². The van der Waals surface area contributed by atoms with E-state index in [9.17, 15) is 80.2 Å². The number of rotatable bonds is 11. The smallest absolute Gasteiger partial charge is 0.460 e. The second kappa shape index (κ2) is 10.3. The zero-order valence-electron chi connectivity index (χ0n) is 18.3. The summed E-state index contributed by atoms with van der Waals surface area (Å²) in [6.45, 7) is -1.60. The van der Waals surface area contributed by atoms with Gasteiger partial charge in [0.2, 0.25) is 5.91 Å². The van der Waals surface area contributed by atoms with Crippen molar-refractivity contribution in [2.75, 3.05) is 33.8 Å². The fourth-order valence-corrected chi connectivity index (χ4v) is 2.22. The first kappa shape index (κ1) is 34.4. The molecule has 0 rings (SSSR count). The van der Waals surface area contributed by atoms with Gasteiger partial charge in [-0.1, -0.05) is 0 Å². The van der Waals surface area contributed by atoms with Gasteiger partial charge in [-0.2, -0.15) is 65.9 Å². The van der Waals surface area contributed by atoms with Crippen molar-refractivity contribution in [3.8, 4) is 0 Å². The first-order valence-corrected chi connectivity index (χ1v) is 9.08. The number of ether oxygens (including phenoxy) is 1. The summed E-state index contributed by atoms with van der Waals surface area (Å²) >= 11 is 0. The maximum atomic E-state index is 13.9. The van der Waals surface area contributed by atoms with Gasteiger partial charge in [0.25, 0.3) is 5.91 Å². The highest BCUT2D eigenvalue weighted by Gasteiger charge is 2.94. The number of carbonyl (C=O) groups excluding carboxylic acids is 3. The van der Waals surface area contributed by atoms with Crippen LogP contribution in [0.1, 0.15) is 6.92 Å². The molecule has 21 heteroatoms. The molecule has 37 heavy (non-hydrogen) atoms. The molecule has 0 atom stereocenters. The van der Waals surface area contributed by atoms with Gasteiger partial charge in [-0.25, -0.2) is 0 Å². The summed E-state index contributed by atoms with van der Waals surface area (Å²) in [4.78, 5) is 34.1. The predicted molar refractivity (Wildman–Crippen MR) is 87.6 cm³/mol. The Morgan fingerprint density at radius 1 is 0.595 bits per heavy atom. The molecule has 0 aliphatic rings. The van der Waals surface area contributed by atoms with Crippen molar-refractivity contribution in [1.29, 1.82) is 0 Å². The summed E-state index contributed by atoms with van der Waals surface area (Å²) in [6, 6.07) is 0. The number of hydrogen-bond donors (Lipinski definition) is 0. The van der Waals surface area contributed by atoms with E-state index in [1.165, 1.54) is 6.92 Å². The maximum Gasteiger partial charge on any atom is 0.460 e. The normalized spacial score (nSPS) is 14.3. The maximum absolute atomic E-state index is 13.9. The number of alkyl halides is 15. The summed E-state index contributed by atoms with van der Waals surface area (Å²) in [5, 5.41) is 0. The molecule has 0 aromatic carbocycles. The van der Waals surface area contributed by atoms with Crippen molar-refractivity contribution in [1.82, 2.24) is 9.80 Å². The molecule has 0 saturated heterocycles. The second-order valence-corrected chi connectivity index (χ2v) is 7.16. The Bertz CT molecular complexity index is 873. The van der Waals surface area contributed by atoms with Gasteiger partial charge in [0.15, 0.2) is 0 Å². The molecule has 0 aromatic heterocycles. The van der Waals surface area contributed by atoms with Gasteiger partial charge in [0.1, 0.15) is 6.54 Å². The summed E-state index contributed by atoms with van der Waals surface area (Å²) < 4.78 is 202. The third-order valence-corrected chi connectivity index (χ3v) is 4.41. The van der Waals surface area contributed by atoms with Crippen molar-refractivity contribution in [2.24, 2.45) is 0 Å². The van der Waals surface area contributed by atoms with Crippen LogP contribution in [0.15, 0.2) is 0 Å². The molecular formula is C16H15F15N2O4. The van der Waals surface area contributed by atoms with Crippen LogP contribution < -0.4 is 0 Å². The first-order chi connectivity index (χ1) is 16.1. The van der Waals surface area contributed by atoms with Crippen LogP contribution in [0.2, 0.25) is 0 Å². The van der Waals surface area contributed by atoms with Crippen LogP contribution in [0.4, 0.5) is 65.9 Å². The Morgan fingerprint density at radius 2 is 0.973 bits per heavy atom. The van der Waals surface area contributed by atoms with E-state index in [1.54, 1.807) is 0 Å². The lowest BCUT2D eigenvalue weighted by molar-refractivity contribution is -0.449.